The van der Waals surface area contributed by atoms with E-state index in [9.17, 15) is 32.3 Å². The molecule has 0 amide bonds. The summed E-state index contributed by atoms with van der Waals surface area (Å²) >= 11 is 0. The first-order valence-electron chi connectivity index (χ1n) is 6.10. The second kappa shape index (κ2) is 17.4. The summed E-state index contributed by atoms with van der Waals surface area (Å²) in [6, 6.07) is 0. The fraction of sp³-hybridized carbons (Fsp3) is 0.667. The molecule has 0 aliphatic rings. The summed E-state index contributed by atoms with van der Waals surface area (Å²) in [5, 5.41) is 0. The summed E-state index contributed by atoms with van der Waals surface area (Å²) < 4.78 is 37.4. The zero-order valence-corrected chi connectivity index (χ0v) is 11.8. The van der Waals surface area contributed by atoms with Gasteiger partial charge in [0.2, 0.25) is 24.3 Å². The van der Waals surface area contributed by atoms with Crippen LogP contribution in [0.15, 0.2) is 20.0 Å². The summed E-state index contributed by atoms with van der Waals surface area (Å²) in [5.41, 5.74) is 0. The van der Waals surface area contributed by atoms with Gasteiger partial charge in [-0.15, -0.1) is 0 Å². The predicted molar refractivity (Wildman–Crippen MR) is 71.3 cm³/mol. The van der Waals surface area contributed by atoms with Gasteiger partial charge in [0.1, 0.15) is 6.17 Å². The normalized spacial score (nSPS) is 12.5. The van der Waals surface area contributed by atoms with Crippen LogP contribution in [0.25, 0.3) is 0 Å². The molecule has 0 radical (unpaired) electrons. The topological polar surface area (TPSA) is 118 Å². The van der Waals surface area contributed by atoms with Gasteiger partial charge in [-0.05, 0) is 0 Å². The summed E-state index contributed by atoms with van der Waals surface area (Å²) in [4.78, 5) is 49.8. The van der Waals surface area contributed by atoms with Crippen LogP contribution in [-0.2, 0) is 19.2 Å². The number of hydrogen-bond acceptors (Lipinski definition) is 8. The molecule has 0 aliphatic carbocycles. The molecule has 126 valence electrons. The van der Waals surface area contributed by atoms with E-state index in [-0.39, 0.29) is 19.5 Å². The molecule has 0 aromatic heterocycles. The van der Waals surface area contributed by atoms with E-state index in [1.807, 2.05) is 0 Å². The van der Waals surface area contributed by atoms with Crippen LogP contribution in [0, 0.1) is 0 Å². The Kier molecular flexibility index (Phi) is 17.1. The second-order valence-electron chi connectivity index (χ2n) is 3.69. The number of carbonyl (C=O) groups excluding carboxylic acids is 4. The van der Waals surface area contributed by atoms with Crippen molar-refractivity contribution in [3.8, 4) is 0 Å². The molecule has 23 heavy (non-hydrogen) atoms. The quantitative estimate of drug-likeness (QED) is 0.432. The maximum absolute atomic E-state index is 12.5. The van der Waals surface area contributed by atoms with E-state index < -0.39 is 31.6 Å². The summed E-state index contributed by atoms with van der Waals surface area (Å²) in [6.07, 6.45) is -0.364. The average Bonchev–Trinajstić information content (AvgIpc) is 2.56. The Labute approximate surface area is 128 Å². The monoisotopic (exact) mass is 334 g/mol. The number of halogens is 3. The van der Waals surface area contributed by atoms with E-state index >= 15 is 0 Å². The highest BCUT2D eigenvalue weighted by atomic mass is 19.2. The maximum Gasteiger partial charge on any atom is 0.235 e. The van der Waals surface area contributed by atoms with Gasteiger partial charge in [0.05, 0.1) is 26.2 Å². The molecule has 0 aromatic carbocycles. The van der Waals surface area contributed by atoms with Crippen molar-refractivity contribution in [2.45, 2.75) is 24.9 Å². The van der Waals surface area contributed by atoms with Crippen LogP contribution in [0.5, 0.6) is 0 Å². The summed E-state index contributed by atoms with van der Waals surface area (Å²) in [7, 11) is 0. The third kappa shape index (κ3) is 17.3. The van der Waals surface area contributed by atoms with Crippen LogP contribution in [0.3, 0.4) is 0 Å². The number of aliphatic imine (C=N–C) groups is 4. The number of nitrogens with zero attached hydrogens (tertiary/aromatic N) is 4. The third-order valence-electron chi connectivity index (χ3n) is 2.03. The van der Waals surface area contributed by atoms with Gasteiger partial charge in [0.15, 0.2) is 12.3 Å². The van der Waals surface area contributed by atoms with Crippen molar-refractivity contribution in [1.82, 2.24) is 0 Å². The molecule has 0 rings (SSSR count). The van der Waals surface area contributed by atoms with Gasteiger partial charge >= 0.3 is 0 Å². The second-order valence-corrected chi connectivity index (χ2v) is 3.69. The van der Waals surface area contributed by atoms with Crippen molar-refractivity contribution in [2.24, 2.45) is 20.0 Å². The van der Waals surface area contributed by atoms with Crippen LogP contribution in [0.1, 0.15) is 6.42 Å². The van der Waals surface area contributed by atoms with Crippen molar-refractivity contribution in [3.63, 3.8) is 0 Å². The Morgan fingerprint density at radius 1 is 0.652 bits per heavy atom. The molecule has 0 saturated carbocycles. The van der Waals surface area contributed by atoms with Gasteiger partial charge in [-0.25, -0.2) is 52.3 Å². The van der Waals surface area contributed by atoms with Crippen LogP contribution >= 0.6 is 0 Å². The van der Waals surface area contributed by atoms with Crippen molar-refractivity contribution in [1.29, 1.82) is 0 Å². The zero-order chi connectivity index (χ0) is 17.9. The Balaban J connectivity index is 0. The van der Waals surface area contributed by atoms with Crippen molar-refractivity contribution in [3.05, 3.63) is 0 Å². The highest BCUT2D eigenvalue weighted by Gasteiger charge is 2.19. The third-order valence-corrected chi connectivity index (χ3v) is 2.03. The largest absolute Gasteiger partial charge is 0.245 e. The zero-order valence-electron chi connectivity index (χ0n) is 11.8. The molecule has 3 atom stereocenters. The van der Waals surface area contributed by atoms with Crippen molar-refractivity contribution < 1.29 is 32.3 Å². The first-order chi connectivity index (χ1) is 11.0. The van der Waals surface area contributed by atoms with Crippen LogP contribution in [0.2, 0.25) is 0 Å². The number of alkyl halides is 3. The van der Waals surface area contributed by atoms with Crippen LogP contribution < -0.4 is 0 Å². The minimum atomic E-state index is -1.93. The Bertz CT molecular complexity index is 484. The molecule has 0 bridgehead atoms. The van der Waals surface area contributed by atoms with Gasteiger partial charge in [-0.2, -0.15) is 0 Å². The first-order valence-corrected chi connectivity index (χ1v) is 6.10. The smallest absolute Gasteiger partial charge is 0.235 e. The van der Waals surface area contributed by atoms with E-state index in [0.717, 1.165) is 12.2 Å². The summed E-state index contributed by atoms with van der Waals surface area (Å²) in [5.74, 6) is 0. The lowest BCUT2D eigenvalue weighted by molar-refractivity contribution is 0.180. The van der Waals surface area contributed by atoms with Crippen molar-refractivity contribution in [2.75, 3.05) is 26.2 Å². The number of rotatable bonds is 10. The minimum absolute atomic E-state index is 0.0824. The van der Waals surface area contributed by atoms with Crippen LogP contribution in [0.4, 0.5) is 13.2 Å². The highest BCUT2D eigenvalue weighted by molar-refractivity contribution is 5.33. The van der Waals surface area contributed by atoms with Gasteiger partial charge in [0, 0.05) is 6.42 Å². The minimum Gasteiger partial charge on any atom is -0.245 e. The van der Waals surface area contributed by atoms with Gasteiger partial charge in [-0.1, -0.05) is 0 Å². The highest BCUT2D eigenvalue weighted by Crippen LogP contribution is 2.04. The fourth-order valence-corrected chi connectivity index (χ4v) is 0.956. The molecule has 0 N–H and O–H groups in total. The maximum atomic E-state index is 12.5. The molecule has 8 nitrogen and oxygen atoms in total. The fourth-order valence-electron chi connectivity index (χ4n) is 0.956. The van der Waals surface area contributed by atoms with Crippen LogP contribution in [-0.4, -0.2) is 69.0 Å². The van der Waals surface area contributed by atoms with Gasteiger partial charge < -0.3 is 0 Å². The molecular formula is C12H13F3N4O4. The molecule has 0 aromatic rings. The molecular weight excluding hydrogens is 321 g/mol. The van der Waals surface area contributed by atoms with E-state index in [1.54, 1.807) is 0 Å². The molecule has 0 aliphatic heterocycles. The molecule has 0 heterocycles. The van der Waals surface area contributed by atoms with E-state index in [1.165, 1.54) is 12.2 Å². The Morgan fingerprint density at radius 2 is 1.04 bits per heavy atom. The first kappa shape index (κ1) is 22.6. The lowest BCUT2D eigenvalue weighted by Crippen LogP contribution is -2.23. The Morgan fingerprint density at radius 3 is 1.43 bits per heavy atom. The molecule has 0 fully saturated rings. The van der Waals surface area contributed by atoms with Gasteiger partial charge in [-0.3, -0.25) is 0 Å². The predicted octanol–water partition coefficient (Wildman–Crippen LogP) is 0.720. The summed E-state index contributed by atoms with van der Waals surface area (Å²) in [6.45, 7) is -1.32. The van der Waals surface area contributed by atoms with Gasteiger partial charge in [0.25, 0.3) is 0 Å². The standard InChI is InChI=1S/C6H6F2N2O2.C6H7FN2O2/c7-5(1-9-3-11)6(8)2-10-4-12;7-6(3-9-5-11)1-2-8-4-10/h5-6H,1-2H2;6H,1-3H2. The molecule has 0 saturated heterocycles. The molecule has 3 unspecified atom stereocenters. The lowest BCUT2D eigenvalue weighted by atomic mass is 10.2. The SMILES string of the molecule is O=C=NCC(F)C(F)CN=C=O.O=C=NCCC(F)CN=C=O. The van der Waals surface area contributed by atoms with E-state index in [4.69, 9.17) is 0 Å². The van der Waals surface area contributed by atoms with Crippen molar-refractivity contribution >= 4 is 24.3 Å². The number of hydrogen-bond donors (Lipinski definition) is 0. The number of isocyanates is 4. The van der Waals surface area contributed by atoms with E-state index in [2.05, 4.69) is 20.0 Å². The average molecular weight is 334 g/mol. The Hall–Kier alpha value is -2.69. The molecule has 11 heteroatoms. The van der Waals surface area contributed by atoms with E-state index in [0.29, 0.717) is 0 Å². The lowest BCUT2D eigenvalue weighted by Gasteiger charge is -2.06. The molecule has 0 spiro atoms.